The van der Waals surface area contributed by atoms with E-state index in [1.54, 1.807) is 12.2 Å². The van der Waals surface area contributed by atoms with E-state index >= 15 is 0 Å². The maximum absolute atomic E-state index is 13.7. The average Bonchev–Trinajstić information content (AvgIpc) is 2.90. The van der Waals surface area contributed by atoms with Gasteiger partial charge in [-0.1, -0.05) is 93.6 Å². The average molecular weight is 553 g/mol. The summed E-state index contributed by atoms with van der Waals surface area (Å²) < 4.78 is 18.1. The van der Waals surface area contributed by atoms with Crippen molar-refractivity contribution in [2.45, 2.75) is 77.6 Å². The van der Waals surface area contributed by atoms with Crippen molar-refractivity contribution in [1.29, 1.82) is 0 Å². The summed E-state index contributed by atoms with van der Waals surface area (Å²) in [7, 11) is -2.24. The van der Waals surface area contributed by atoms with Crippen molar-refractivity contribution in [2.75, 3.05) is 6.54 Å². The molecule has 0 fully saturated rings. The van der Waals surface area contributed by atoms with E-state index < -0.39 is 32.6 Å². The number of hydrogen-bond acceptors (Lipinski definition) is 5. The van der Waals surface area contributed by atoms with Gasteiger partial charge in [-0.2, -0.15) is 0 Å². The molecule has 212 valence electrons. The summed E-state index contributed by atoms with van der Waals surface area (Å²) in [6.45, 7) is 20.5. The lowest BCUT2D eigenvalue weighted by molar-refractivity contribution is -0.0641. The molecule has 39 heavy (non-hydrogen) atoms. The molecule has 0 saturated heterocycles. The molecule has 2 atom stereocenters. The van der Waals surface area contributed by atoms with Crippen LogP contribution in [-0.2, 0) is 27.1 Å². The van der Waals surface area contributed by atoms with Gasteiger partial charge in [0.2, 0.25) is 0 Å². The van der Waals surface area contributed by atoms with Crippen LogP contribution < -0.4 is 0 Å². The largest absolute Gasteiger partial charge is 0.443 e. The second kappa shape index (κ2) is 14.7. The first-order chi connectivity index (χ1) is 18.4. The highest BCUT2D eigenvalue weighted by Gasteiger charge is 2.43. The summed E-state index contributed by atoms with van der Waals surface area (Å²) in [6, 6.07) is 18.2. The summed E-state index contributed by atoms with van der Waals surface area (Å²) in [5, 5.41) is 2.48. The number of amides is 2. The SMILES string of the molecule is C=CC[C@H](O[Si](C)(C)C(C)(C)C)[C@@H](C)N(C(=O)OCc1ccccc1)N(CC=C)C(=O)OCc1ccccc1. The minimum Gasteiger partial charge on any atom is -0.443 e. The number of hydrazine groups is 1. The summed E-state index contributed by atoms with van der Waals surface area (Å²) in [5.74, 6) is 0. The third-order valence-electron chi connectivity index (χ3n) is 6.95. The van der Waals surface area contributed by atoms with Crippen LogP contribution in [0.2, 0.25) is 18.1 Å². The number of hydrogen-bond donors (Lipinski definition) is 0. The Kier molecular flexibility index (Phi) is 12.0. The number of carbonyl (C=O) groups is 2. The smallest absolute Gasteiger partial charge is 0.429 e. The van der Waals surface area contributed by atoms with E-state index in [0.717, 1.165) is 11.1 Å². The Bertz CT molecular complexity index is 1070. The maximum atomic E-state index is 13.7. The molecule has 0 heterocycles. The summed E-state index contributed by atoms with van der Waals surface area (Å²) in [4.78, 5) is 27.1. The van der Waals surface area contributed by atoms with Crippen LogP contribution in [-0.4, -0.2) is 49.2 Å². The van der Waals surface area contributed by atoms with Crippen molar-refractivity contribution < 1.29 is 23.5 Å². The molecule has 2 amide bonds. The van der Waals surface area contributed by atoms with Crippen LogP contribution in [0.15, 0.2) is 86.0 Å². The number of benzene rings is 2. The van der Waals surface area contributed by atoms with Gasteiger partial charge in [-0.3, -0.25) is 0 Å². The molecule has 0 aliphatic heterocycles. The second-order valence-corrected chi connectivity index (χ2v) is 15.7. The Morgan fingerprint density at radius 1 is 0.872 bits per heavy atom. The molecule has 0 aliphatic carbocycles. The molecule has 0 spiro atoms. The van der Waals surface area contributed by atoms with Crippen molar-refractivity contribution in [3.63, 3.8) is 0 Å². The van der Waals surface area contributed by atoms with E-state index in [-0.39, 0.29) is 24.8 Å². The third kappa shape index (κ3) is 9.40. The highest BCUT2D eigenvalue weighted by Crippen LogP contribution is 2.38. The fourth-order valence-corrected chi connectivity index (χ4v) is 5.06. The molecule has 2 aromatic rings. The second-order valence-electron chi connectivity index (χ2n) is 11.0. The summed E-state index contributed by atoms with van der Waals surface area (Å²) in [5.41, 5.74) is 1.67. The monoisotopic (exact) mass is 552 g/mol. The standard InChI is InChI=1S/C31H44N2O5Si/c1-9-17-28(38-39(7,8)31(4,5)6)25(3)33(30(35)37-24-27-20-15-12-16-21-27)32(22-10-2)29(34)36-23-26-18-13-11-14-19-26/h9-16,18-21,25,28H,1-2,17,22-24H2,3-8H3/t25-,28+/m1/s1. The lowest BCUT2D eigenvalue weighted by Gasteiger charge is -2.44. The Morgan fingerprint density at radius 2 is 1.36 bits per heavy atom. The van der Waals surface area contributed by atoms with Gasteiger partial charge >= 0.3 is 12.2 Å². The summed E-state index contributed by atoms with van der Waals surface area (Å²) >= 11 is 0. The van der Waals surface area contributed by atoms with Gasteiger partial charge in [-0.25, -0.2) is 19.6 Å². The molecular weight excluding hydrogens is 508 g/mol. The molecular formula is C31H44N2O5Si. The van der Waals surface area contributed by atoms with Gasteiger partial charge < -0.3 is 13.9 Å². The summed E-state index contributed by atoms with van der Waals surface area (Å²) in [6.07, 6.45) is 2.00. The number of ether oxygens (including phenoxy) is 2. The zero-order valence-electron chi connectivity index (χ0n) is 24.3. The van der Waals surface area contributed by atoms with Crippen molar-refractivity contribution in [3.8, 4) is 0 Å². The zero-order chi connectivity index (χ0) is 29.1. The van der Waals surface area contributed by atoms with Gasteiger partial charge in [0, 0.05) is 0 Å². The fourth-order valence-electron chi connectivity index (χ4n) is 3.66. The lowest BCUT2D eigenvalue weighted by atomic mass is 10.1. The van der Waals surface area contributed by atoms with Crippen molar-refractivity contribution in [3.05, 3.63) is 97.1 Å². The molecule has 0 unspecified atom stereocenters. The number of nitrogens with zero attached hydrogens (tertiary/aromatic N) is 2. The molecule has 0 bridgehead atoms. The molecule has 0 saturated carbocycles. The fraction of sp³-hybridized carbons (Fsp3) is 0.419. The zero-order valence-corrected chi connectivity index (χ0v) is 25.3. The van der Waals surface area contributed by atoms with E-state index in [2.05, 4.69) is 47.0 Å². The first-order valence-corrected chi connectivity index (χ1v) is 16.2. The van der Waals surface area contributed by atoms with E-state index in [4.69, 9.17) is 13.9 Å². The highest BCUT2D eigenvalue weighted by molar-refractivity contribution is 6.74. The molecule has 0 aromatic heterocycles. The first-order valence-electron chi connectivity index (χ1n) is 13.3. The predicted octanol–water partition coefficient (Wildman–Crippen LogP) is 7.72. The van der Waals surface area contributed by atoms with E-state index in [9.17, 15) is 9.59 Å². The first kappa shape index (κ1) is 31.9. The van der Waals surface area contributed by atoms with Crippen LogP contribution in [0.5, 0.6) is 0 Å². The van der Waals surface area contributed by atoms with Crippen molar-refractivity contribution in [2.24, 2.45) is 0 Å². The minimum absolute atomic E-state index is 0.0410. The van der Waals surface area contributed by atoms with Crippen LogP contribution in [0.3, 0.4) is 0 Å². The molecule has 2 rings (SSSR count). The van der Waals surface area contributed by atoms with Gasteiger partial charge in [-0.05, 0) is 42.6 Å². The third-order valence-corrected chi connectivity index (χ3v) is 11.4. The van der Waals surface area contributed by atoms with Crippen LogP contribution in [0.25, 0.3) is 0 Å². The van der Waals surface area contributed by atoms with Crippen molar-refractivity contribution >= 4 is 20.5 Å². The Morgan fingerprint density at radius 3 is 1.79 bits per heavy atom. The molecule has 0 radical (unpaired) electrons. The van der Waals surface area contributed by atoms with Gasteiger partial charge in [0.25, 0.3) is 0 Å². The van der Waals surface area contributed by atoms with Gasteiger partial charge in [-0.15, -0.1) is 13.2 Å². The van der Waals surface area contributed by atoms with Crippen LogP contribution in [0.4, 0.5) is 9.59 Å². The van der Waals surface area contributed by atoms with Gasteiger partial charge in [0.15, 0.2) is 8.32 Å². The van der Waals surface area contributed by atoms with Crippen LogP contribution in [0, 0.1) is 0 Å². The molecule has 0 aliphatic rings. The van der Waals surface area contributed by atoms with Crippen LogP contribution >= 0.6 is 0 Å². The molecule has 0 N–H and O–H groups in total. The van der Waals surface area contributed by atoms with Crippen LogP contribution in [0.1, 0.15) is 45.2 Å². The minimum atomic E-state index is -2.24. The topological polar surface area (TPSA) is 68.3 Å². The maximum Gasteiger partial charge on any atom is 0.429 e. The van der Waals surface area contributed by atoms with Gasteiger partial charge in [0.05, 0.1) is 18.7 Å². The van der Waals surface area contributed by atoms with E-state index in [0.29, 0.717) is 6.42 Å². The Balaban J connectivity index is 2.40. The predicted molar refractivity (Wildman–Crippen MR) is 158 cm³/mol. The van der Waals surface area contributed by atoms with E-state index in [1.165, 1.54) is 10.0 Å². The van der Waals surface area contributed by atoms with Gasteiger partial charge in [0.1, 0.15) is 13.2 Å². The van der Waals surface area contributed by atoms with Crippen molar-refractivity contribution in [1.82, 2.24) is 10.0 Å². The Labute approximate surface area is 235 Å². The number of rotatable bonds is 12. The molecule has 2 aromatic carbocycles. The number of carbonyl (C=O) groups excluding carboxylic acids is 2. The highest BCUT2D eigenvalue weighted by atomic mass is 28.4. The van der Waals surface area contributed by atoms with E-state index in [1.807, 2.05) is 67.6 Å². The molecule has 7 nitrogen and oxygen atoms in total. The molecule has 8 heteroatoms. The Hall–Kier alpha value is -3.36. The lowest BCUT2D eigenvalue weighted by Crippen LogP contribution is -2.59. The normalized spacial score (nSPS) is 13.1. The quantitative estimate of drug-likeness (QED) is 0.153.